The molecule has 3 rings (SSSR count). The molecule has 27 heavy (non-hydrogen) atoms. The number of carbonyl (C=O) groups is 2. The van der Waals surface area contributed by atoms with Crippen molar-refractivity contribution in [3.8, 4) is 0 Å². The van der Waals surface area contributed by atoms with Crippen LogP contribution in [0, 0.1) is 5.92 Å². The lowest BCUT2D eigenvalue weighted by Crippen LogP contribution is -2.22. The molecular weight excluding hydrogens is 400 g/mol. The fourth-order valence-electron chi connectivity index (χ4n) is 3.28. The third kappa shape index (κ3) is 4.81. The lowest BCUT2D eigenvalue weighted by Gasteiger charge is -2.23. The summed E-state index contributed by atoms with van der Waals surface area (Å²) >= 11 is 3.39. The zero-order valence-electron chi connectivity index (χ0n) is 15.1. The first kappa shape index (κ1) is 19.2. The Morgan fingerprint density at radius 1 is 0.778 bits per heavy atom. The van der Waals surface area contributed by atoms with Gasteiger partial charge in [0, 0.05) is 33.9 Å². The van der Waals surface area contributed by atoms with Gasteiger partial charge < -0.3 is 0 Å². The van der Waals surface area contributed by atoms with Crippen LogP contribution in [0.4, 0.5) is 0 Å². The molecule has 2 nitrogen and oxygen atoms in total. The summed E-state index contributed by atoms with van der Waals surface area (Å²) in [6, 6.07) is 26.5. The van der Waals surface area contributed by atoms with E-state index in [2.05, 4.69) is 15.9 Å². The molecule has 0 aliphatic carbocycles. The Hall–Kier alpha value is -2.52. The maximum atomic E-state index is 13.0. The van der Waals surface area contributed by atoms with Gasteiger partial charge in [-0.25, -0.2) is 0 Å². The molecule has 0 amide bonds. The highest BCUT2D eigenvalue weighted by atomic mass is 79.9. The molecule has 0 aromatic heterocycles. The van der Waals surface area contributed by atoms with Gasteiger partial charge in [-0.15, -0.1) is 0 Å². The first-order valence-corrected chi connectivity index (χ1v) is 9.78. The van der Waals surface area contributed by atoms with Crippen LogP contribution in [-0.4, -0.2) is 11.6 Å². The third-order valence-corrected chi connectivity index (χ3v) is 5.40. The van der Waals surface area contributed by atoms with Crippen molar-refractivity contribution in [1.82, 2.24) is 0 Å². The third-order valence-electron chi connectivity index (χ3n) is 4.87. The predicted molar refractivity (Wildman–Crippen MR) is 112 cm³/mol. The number of halogens is 1. The van der Waals surface area contributed by atoms with Crippen molar-refractivity contribution in [3.63, 3.8) is 0 Å². The zero-order chi connectivity index (χ0) is 19.2. The van der Waals surface area contributed by atoms with Crippen molar-refractivity contribution in [2.75, 3.05) is 0 Å². The van der Waals surface area contributed by atoms with Crippen LogP contribution in [0.25, 0.3) is 0 Å². The van der Waals surface area contributed by atoms with E-state index >= 15 is 0 Å². The topological polar surface area (TPSA) is 34.1 Å². The van der Waals surface area contributed by atoms with E-state index in [1.165, 1.54) is 0 Å². The van der Waals surface area contributed by atoms with E-state index in [1.54, 1.807) is 0 Å². The minimum absolute atomic E-state index is 0.0454. The molecule has 2 atom stereocenters. The summed E-state index contributed by atoms with van der Waals surface area (Å²) in [5.74, 6) is -0.360. The van der Waals surface area contributed by atoms with Crippen LogP contribution in [0.5, 0.6) is 0 Å². The molecule has 0 spiro atoms. The molecular formula is C24H21BrO2. The number of hydrogen-bond donors (Lipinski definition) is 0. The smallest absolute Gasteiger partial charge is 0.166 e. The molecule has 3 aromatic carbocycles. The highest BCUT2D eigenvalue weighted by Gasteiger charge is 2.28. The monoisotopic (exact) mass is 420 g/mol. The van der Waals surface area contributed by atoms with E-state index in [-0.39, 0.29) is 23.4 Å². The van der Waals surface area contributed by atoms with Crippen molar-refractivity contribution in [2.24, 2.45) is 5.92 Å². The van der Waals surface area contributed by atoms with Crippen LogP contribution in [0.3, 0.4) is 0 Å². The Morgan fingerprint density at radius 2 is 1.33 bits per heavy atom. The average Bonchev–Trinajstić information content (AvgIpc) is 2.72. The van der Waals surface area contributed by atoms with Gasteiger partial charge in [0.2, 0.25) is 0 Å². The van der Waals surface area contributed by atoms with Crippen LogP contribution in [-0.2, 0) is 0 Å². The fourth-order valence-corrected chi connectivity index (χ4v) is 3.55. The van der Waals surface area contributed by atoms with Gasteiger partial charge in [-0.1, -0.05) is 95.7 Å². The Balaban J connectivity index is 1.88. The van der Waals surface area contributed by atoms with Crippen molar-refractivity contribution >= 4 is 27.5 Å². The highest BCUT2D eigenvalue weighted by molar-refractivity contribution is 9.10. The van der Waals surface area contributed by atoms with Crippen LogP contribution in [0.1, 0.15) is 45.5 Å². The largest absolute Gasteiger partial charge is 0.294 e. The molecule has 0 heterocycles. The average molecular weight is 421 g/mol. The quantitative estimate of drug-likeness (QED) is 0.418. The van der Waals surface area contributed by atoms with E-state index in [4.69, 9.17) is 0 Å². The van der Waals surface area contributed by atoms with Crippen molar-refractivity contribution in [3.05, 3.63) is 106 Å². The lowest BCUT2D eigenvalue weighted by molar-refractivity contribution is 0.0888. The molecule has 3 aromatic rings. The first-order chi connectivity index (χ1) is 13.1. The molecule has 0 unspecified atom stereocenters. The van der Waals surface area contributed by atoms with Crippen molar-refractivity contribution < 1.29 is 9.59 Å². The van der Waals surface area contributed by atoms with E-state index in [9.17, 15) is 9.59 Å². The van der Waals surface area contributed by atoms with Gasteiger partial charge in [0.25, 0.3) is 0 Å². The van der Waals surface area contributed by atoms with Crippen molar-refractivity contribution in [2.45, 2.75) is 19.3 Å². The molecule has 0 saturated carbocycles. The summed E-state index contributed by atoms with van der Waals surface area (Å²) in [7, 11) is 0. The zero-order valence-corrected chi connectivity index (χ0v) is 16.7. The molecule has 0 radical (unpaired) electrons. The normalized spacial score (nSPS) is 13.0. The van der Waals surface area contributed by atoms with Gasteiger partial charge in [0.15, 0.2) is 11.6 Å². The molecule has 136 valence electrons. The number of benzene rings is 3. The van der Waals surface area contributed by atoms with E-state index in [0.29, 0.717) is 17.5 Å². The number of rotatable bonds is 7. The summed E-state index contributed by atoms with van der Waals surface area (Å²) < 4.78 is 0.936. The van der Waals surface area contributed by atoms with Crippen molar-refractivity contribution in [1.29, 1.82) is 0 Å². The van der Waals surface area contributed by atoms with Gasteiger partial charge in [0.05, 0.1) is 0 Å². The van der Waals surface area contributed by atoms with Crippen LogP contribution >= 0.6 is 15.9 Å². The van der Waals surface area contributed by atoms with Gasteiger partial charge in [-0.3, -0.25) is 9.59 Å². The van der Waals surface area contributed by atoms with E-state index in [0.717, 1.165) is 10.0 Å². The Kier molecular flexibility index (Phi) is 6.36. The molecule has 3 heteroatoms. The minimum atomic E-state index is -0.297. The molecule has 0 saturated heterocycles. The maximum absolute atomic E-state index is 13.0. The van der Waals surface area contributed by atoms with Gasteiger partial charge in [-0.2, -0.15) is 0 Å². The first-order valence-electron chi connectivity index (χ1n) is 8.99. The highest BCUT2D eigenvalue weighted by Crippen LogP contribution is 2.32. The van der Waals surface area contributed by atoms with Crippen LogP contribution < -0.4 is 0 Å². The summed E-state index contributed by atoms with van der Waals surface area (Å²) in [5.41, 5.74) is 2.36. The lowest BCUT2D eigenvalue weighted by atomic mass is 9.79. The van der Waals surface area contributed by atoms with Crippen LogP contribution in [0.15, 0.2) is 89.4 Å². The maximum Gasteiger partial charge on any atom is 0.166 e. The Bertz CT molecular complexity index is 902. The number of ketones is 2. The summed E-state index contributed by atoms with van der Waals surface area (Å²) in [4.78, 5) is 25.9. The number of hydrogen-bond acceptors (Lipinski definition) is 2. The second-order valence-electron chi connectivity index (χ2n) is 6.67. The number of carbonyl (C=O) groups excluding carboxylic acids is 2. The van der Waals surface area contributed by atoms with Crippen LogP contribution in [0.2, 0.25) is 0 Å². The Morgan fingerprint density at radius 3 is 1.93 bits per heavy atom. The molecule has 0 fully saturated rings. The number of Topliss-reactive ketones (excluding diaryl/α,β-unsaturated/α-hetero) is 2. The van der Waals surface area contributed by atoms with Gasteiger partial charge in [-0.05, 0) is 17.7 Å². The summed E-state index contributed by atoms with van der Waals surface area (Å²) in [6.07, 6.45) is 0.297. The molecule has 0 aliphatic rings. The van der Waals surface area contributed by atoms with Gasteiger partial charge in [0.1, 0.15) is 0 Å². The second-order valence-corrected chi connectivity index (χ2v) is 7.59. The standard InChI is InChI=1S/C24H21BrO2/c1-17(24(27)20-10-6-3-7-11-20)22(18-8-4-2-5-9-18)16-23(26)19-12-14-21(25)15-13-19/h2-15,17,22H,16H2,1H3/t17-,22-/m1/s1. The summed E-state index contributed by atoms with van der Waals surface area (Å²) in [6.45, 7) is 1.92. The summed E-state index contributed by atoms with van der Waals surface area (Å²) in [5, 5.41) is 0. The second kappa shape index (κ2) is 8.92. The fraction of sp³-hybridized carbons (Fsp3) is 0.167. The molecule has 0 N–H and O–H groups in total. The van der Waals surface area contributed by atoms with E-state index < -0.39 is 0 Å². The molecule has 0 bridgehead atoms. The Labute approximate surface area is 168 Å². The molecule has 0 aliphatic heterocycles. The SMILES string of the molecule is C[C@@H](C(=O)c1ccccc1)[C@@H](CC(=O)c1ccc(Br)cc1)c1ccccc1. The minimum Gasteiger partial charge on any atom is -0.294 e. The predicted octanol–water partition coefficient (Wildman–Crippen LogP) is 6.32. The van der Waals surface area contributed by atoms with Gasteiger partial charge >= 0.3 is 0 Å². The van der Waals surface area contributed by atoms with E-state index in [1.807, 2.05) is 91.9 Å².